The van der Waals surface area contributed by atoms with Gasteiger partial charge in [-0.25, -0.2) is 0 Å². The third kappa shape index (κ3) is 3.77. The summed E-state index contributed by atoms with van der Waals surface area (Å²) in [5, 5.41) is 0. The summed E-state index contributed by atoms with van der Waals surface area (Å²) in [6, 6.07) is 7.05. The first-order valence-corrected chi connectivity index (χ1v) is 7.48. The zero-order chi connectivity index (χ0) is 13.8. The topological polar surface area (TPSA) is 42.1 Å². The van der Waals surface area contributed by atoms with Crippen molar-refractivity contribution in [3.63, 3.8) is 0 Å². The second-order valence-electron chi connectivity index (χ2n) is 6.00. The summed E-state index contributed by atoms with van der Waals surface area (Å²) in [5.74, 6) is 0.845. The highest BCUT2D eigenvalue weighted by molar-refractivity contribution is 5.10. The van der Waals surface area contributed by atoms with Crippen LogP contribution >= 0.6 is 0 Å². The fourth-order valence-corrected chi connectivity index (χ4v) is 3.19. The van der Waals surface area contributed by atoms with Crippen LogP contribution in [0.1, 0.15) is 44.0 Å². The molecule has 3 heteroatoms. The summed E-state index contributed by atoms with van der Waals surface area (Å²) in [4.78, 5) is 6.99. The van der Waals surface area contributed by atoms with Gasteiger partial charge in [-0.15, -0.1) is 0 Å². The summed E-state index contributed by atoms with van der Waals surface area (Å²) in [5.41, 5.74) is 8.55. The fraction of sp³-hybridized carbons (Fsp3) is 0.688. The Hall–Kier alpha value is -0.930. The Bertz CT molecular complexity index is 405. The molecule has 0 aromatic carbocycles. The highest BCUT2D eigenvalue weighted by atomic mass is 15.2. The number of likely N-dealkylation sites (N-methyl/N-ethyl adjacent to an activating group) is 1. The summed E-state index contributed by atoms with van der Waals surface area (Å²) in [7, 11) is 2.19. The van der Waals surface area contributed by atoms with Gasteiger partial charge in [0.15, 0.2) is 0 Å². The van der Waals surface area contributed by atoms with Gasteiger partial charge in [-0.3, -0.25) is 9.88 Å². The molecule has 0 radical (unpaired) electrons. The molecule has 0 amide bonds. The van der Waals surface area contributed by atoms with Crippen LogP contribution in [0, 0.1) is 12.8 Å². The normalized spacial score (nSPS) is 27.7. The minimum atomic E-state index is 0.317. The van der Waals surface area contributed by atoms with Crippen LogP contribution in [-0.4, -0.2) is 29.0 Å². The molecule has 1 heterocycles. The van der Waals surface area contributed by atoms with Crippen molar-refractivity contribution in [1.82, 2.24) is 9.88 Å². The first-order valence-electron chi connectivity index (χ1n) is 7.48. The van der Waals surface area contributed by atoms with E-state index < -0.39 is 0 Å². The zero-order valence-corrected chi connectivity index (χ0v) is 12.5. The smallest absolute Gasteiger partial charge is 0.0547 e. The van der Waals surface area contributed by atoms with E-state index in [1.165, 1.54) is 19.3 Å². The van der Waals surface area contributed by atoms with Crippen molar-refractivity contribution in [2.24, 2.45) is 11.7 Å². The molecule has 1 fully saturated rings. The number of aryl methyl sites for hydroxylation is 1. The zero-order valence-electron chi connectivity index (χ0n) is 12.5. The molecule has 3 nitrogen and oxygen atoms in total. The van der Waals surface area contributed by atoms with Gasteiger partial charge in [0.25, 0.3) is 0 Å². The number of hydrogen-bond donors (Lipinski definition) is 1. The summed E-state index contributed by atoms with van der Waals surface area (Å²) in [6.07, 6.45) is 4.97. The molecule has 0 bridgehead atoms. The van der Waals surface area contributed by atoms with E-state index in [9.17, 15) is 0 Å². The van der Waals surface area contributed by atoms with Crippen molar-refractivity contribution in [3.8, 4) is 0 Å². The van der Waals surface area contributed by atoms with Crippen LogP contribution in [-0.2, 0) is 6.54 Å². The predicted molar refractivity (Wildman–Crippen MR) is 79.8 cm³/mol. The third-order valence-corrected chi connectivity index (χ3v) is 4.48. The van der Waals surface area contributed by atoms with Crippen molar-refractivity contribution in [1.29, 1.82) is 0 Å². The second kappa shape index (κ2) is 6.49. The molecular formula is C16H27N3. The Morgan fingerprint density at radius 3 is 2.84 bits per heavy atom. The number of nitrogens with zero attached hydrogens (tertiary/aromatic N) is 2. The average Bonchev–Trinajstić information content (AvgIpc) is 2.39. The largest absolute Gasteiger partial charge is 0.326 e. The minimum absolute atomic E-state index is 0.317. The Labute approximate surface area is 117 Å². The molecule has 1 saturated carbocycles. The van der Waals surface area contributed by atoms with Crippen LogP contribution in [0.2, 0.25) is 0 Å². The average molecular weight is 261 g/mol. The number of pyridine rings is 1. The van der Waals surface area contributed by atoms with Gasteiger partial charge in [-0.05, 0) is 51.3 Å². The molecule has 19 heavy (non-hydrogen) atoms. The summed E-state index contributed by atoms with van der Waals surface area (Å²) in [6.45, 7) is 5.24. The lowest BCUT2D eigenvalue weighted by atomic mass is 9.81. The standard InChI is InChI=1S/C16H27N3/c1-4-13-8-9-15(17)16(10-13)19(3)11-14-7-5-6-12(2)18-14/h5-7,13,15-16H,4,8-11,17H2,1-3H3. The number of aromatic nitrogens is 1. The molecule has 2 N–H and O–H groups in total. The van der Waals surface area contributed by atoms with Gasteiger partial charge in [0, 0.05) is 24.3 Å². The third-order valence-electron chi connectivity index (χ3n) is 4.48. The predicted octanol–water partition coefficient (Wildman–Crippen LogP) is 2.73. The van der Waals surface area contributed by atoms with Crippen LogP contribution in [0.25, 0.3) is 0 Å². The molecule has 1 aliphatic rings. The number of hydrogen-bond acceptors (Lipinski definition) is 3. The first-order chi connectivity index (χ1) is 9.10. The van der Waals surface area contributed by atoms with E-state index in [0.29, 0.717) is 12.1 Å². The molecule has 2 rings (SSSR count). The lowest BCUT2D eigenvalue weighted by Gasteiger charge is -2.39. The molecule has 1 aliphatic carbocycles. The fourth-order valence-electron chi connectivity index (χ4n) is 3.19. The highest BCUT2D eigenvalue weighted by Gasteiger charge is 2.30. The highest BCUT2D eigenvalue weighted by Crippen LogP contribution is 2.29. The van der Waals surface area contributed by atoms with Crippen molar-refractivity contribution in [3.05, 3.63) is 29.6 Å². The molecule has 3 atom stereocenters. The Morgan fingerprint density at radius 1 is 1.37 bits per heavy atom. The van der Waals surface area contributed by atoms with E-state index in [2.05, 4.69) is 36.0 Å². The van der Waals surface area contributed by atoms with Crippen molar-refractivity contribution >= 4 is 0 Å². The summed E-state index contributed by atoms with van der Waals surface area (Å²) >= 11 is 0. The SMILES string of the molecule is CCC1CCC(N)C(N(C)Cc2cccc(C)n2)C1. The molecule has 3 unspecified atom stereocenters. The molecule has 0 aliphatic heterocycles. The van der Waals surface area contributed by atoms with E-state index in [0.717, 1.165) is 30.3 Å². The van der Waals surface area contributed by atoms with Gasteiger partial charge >= 0.3 is 0 Å². The van der Waals surface area contributed by atoms with Crippen LogP contribution in [0.15, 0.2) is 18.2 Å². The monoisotopic (exact) mass is 261 g/mol. The number of rotatable bonds is 4. The quantitative estimate of drug-likeness (QED) is 0.906. The van der Waals surface area contributed by atoms with Crippen molar-refractivity contribution < 1.29 is 0 Å². The minimum Gasteiger partial charge on any atom is -0.326 e. The van der Waals surface area contributed by atoms with Crippen LogP contribution in [0.3, 0.4) is 0 Å². The number of nitrogens with two attached hydrogens (primary N) is 1. The second-order valence-corrected chi connectivity index (χ2v) is 6.00. The Kier molecular flexibility index (Phi) is 4.94. The molecule has 106 valence electrons. The van der Waals surface area contributed by atoms with E-state index in [1.807, 2.05) is 13.0 Å². The van der Waals surface area contributed by atoms with Crippen molar-refractivity contribution in [2.45, 2.75) is 58.2 Å². The molecule has 1 aromatic heterocycles. The maximum Gasteiger partial charge on any atom is 0.0547 e. The van der Waals surface area contributed by atoms with Gasteiger partial charge in [0.2, 0.25) is 0 Å². The molecule has 0 saturated heterocycles. The van der Waals surface area contributed by atoms with Gasteiger partial charge < -0.3 is 5.73 Å². The van der Waals surface area contributed by atoms with Crippen LogP contribution in [0.4, 0.5) is 0 Å². The lowest BCUT2D eigenvalue weighted by Crippen LogP contribution is -2.49. The van der Waals surface area contributed by atoms with E-state index in [-0.39, 0.29) is 0 Å². The van der Waals surface area contributed by atoms with E-state index in [1.54, 1.807) is 0 Å². The van der Waals surface area contributed by atoms with E-state index >= 15 is 0 Å². The Morgan fingerprint density at radius 2 is 2.16 bits per heavy atom. The van der Waals surface area contributed by atoms with Crippen molar-refractivity contribution in [2.75, 3.05) is 7.05 Å². The van der Waals surface area contributed by atoms with Crippen LogP contribution in [0.5, 0.6) is 0 Å². The molecule has 1 aromatic rings. The van der Waals surface area contributed by atoms with Crippen LogP contribution < -0.4 is 5.73 Å². The first kappa shape index (κ1) is 14.5. The summed E-state index contributed by atoms with van der Waals surface area (Å²) < 4.78 is 0. The van der Waals surface area contributed by atoms with E-state index in [4.69, 9.17) is 5.73 Å². The lowest BCUT2D eigenvalue weighted by molar-refractivity contribution is 0.128. The molecular weight excluding hydrogens is 234 g/mol. The van der Waals surface area contributed by atoms with Gasteiger partial charge in [0.05, 0.1) is 5.69 Å². The van der Waals surface area contributed by atoms with Gasteiger partial charge in [-0.2, -0.15) is 0 Å². The maximum atomic E-state index is 6.32. The molecule has 0 spiro atoms. The Balaban J connectivity index is 1.99. The maximum absolute atomic E-state index is 6.32. The van der Waals surface area contributed by atoms with Gasteiger partial charge in [0.1, 0.15) is 0 Å². The van der Waals surface area contributed by atoms with Gasteiger partial charge in [-0.1, -0.05) is 19.4 Å².